The van der Waals surface area contributed by atoms with Crippen molar-refractivity contribution in [1.82, 2.24) is 14.9 Å². The average Bonchev–Trinajstić information content (AvgIpc) is 2.83. The van der Waals surface area contributed by atoms with Gasteiger partial charge in [0.2, 0.25) is 0 Å². The van der Waals surface area contributed by atoms with Crippen LogP contribution in [0.1, 0.15) is 38.9 Å². The Kier molecular flexibility index (Phi) is 3.42. The highest BCUT2D eigenvalue weighted by atomic mass is 15.2. The number of nitrogens with two attached hydrogens (primary N) is 1. The van der Waals surface area contributed by atoms with Crippen molar-refractivity contribution in [3.63, 3.8) is 0 Å². The lowest BCUT2D eigenvalue weighted by atomic mass is 9.78. The number of hydrogen-bond donors (Lipinski definition) is 2. The number of fused-ring (bicyclic) bond motifs is 1. The Morgan fingerprint density at radius 3 is 2.80 bits per heavy atom. The number of H-pyrrole nitrogens is 1. The number of benzene rings is 1. The summed E-state index contributed by atoms with van der Waals surface area (Å²) in [6.07, 6.45) is 3.86. The number of imidazole rings is 1. The van der Waals surface area contributed by atoms with E-state index in [0.29, 0.717) is 5.41 Å². The van der Waals surface area contributed by atoms with Crippen molar-refractivity contribution in [2.24, 2.45) is 5.41 Å². The van der Waals surface area contributed by atoms with Gasteiger partial charge in [0.15, 0.2) is 0 Å². The van der Waals surface area contributed by atoms with Gasteiger partial charge in [0.25, 0.3) is 0 Å². The first-order chi connectivity index (χ1) is 9.58. The number of aromatic nitrogens is 2. The number of anilines is 1. The molecule has 0 unspecified atom stereocenters. The Labute approximate surface area is 120 Å². The van der Waals surface area contributed by atoms with Gasteiger partial charge in [0.1, 0.15) is 5.82 Å². The maximum atomic E-state index is 5.80. The van der Waals surface area contributed by atoms with Crippen molar-refractivity contribution in [2.45, 2.75) is 39.7 Å². The fourth-order valence-electron chi connectivity index (χ4n) is 2.97. The van der Waals surface area contributed by atoms with Crippen molar-refractivity contribution in [3.05, 3.63) is 24.0 Å². The van der Waals surface area contributed by atoms with Crippen molar-refractivity contribution < 1.29 is 0 Å². The fraction of sp³-hybridized carbons (Fsp3) is 0.562. The zero-order valence-electron chi connectivity index (χ0n) is 12.4. The Bertz CT molecular complexity index is 594. The number of nitrogens with one attached hydrogen (secondary N) is 1. The van der Waals surface area contributed by atoms with Crippen LogP contribution in [0.2, 0.25) is 0 Å². The maximum absolute atomic E-state index is 5.80. The van der Waals surface area contributed by atoms with Crippen molar-refractivity contribution in [2.75, 3.05) is 18.8 Å². The second-order valence-corrected chi connectivity index (χ2v) is 6.40. The molecule has 0 bridgehead atoms. The molecule has 0 amide bonds. The number of rotatable bonds is 3. The van der Waals surface area contributed by atoms with Gasteiger partial charge in [0, 0.05) is 5.69 Å². The molecule has 1 aromatic carbocycles. The third-order valence-corrected chi connectivity index (χ3v) is 4.85. The van der Waals surface area contributed by atoms with Crippen LogP contribution in [-0.4, -0.2) is 28.0 Å². The minimum atomic E-state index is 0.541. The van der Waals surface area contributed by atoms with E-state index in [9.17, 15) is 0 Å². The van der Waals surface area contributed by atoms with Crippen LogP contribution >= 0.6 is 0 Å². The predicted molar refractivity (Wildman–Crippen MR) is 83.4 cm³/mol. The summed E-state index contributed by atoms with van der Waals surface area (Å²) >= 11 is 0. The van der Waals surface area contributed by atoms with Gasteiger partial charge >= 0.3 is 0 Å². The van der Waals surface area contributed by atoms with Crippen LogP contribution < -0.4 is 5.73 Å². The molecular formula is C16H24N4. The molecule has 20 heavy (non-hydrogen) atoms. The summed E-state index contributed by atoms with van der Waals surface area (Å²) < 4.78 is 0. The maximum Gasteiger partial charge on any atom is 0.121 e. The first-order valence-corrected chi connectivity index (χ1v) is 7.54. The monoisotopic (exact) mass is 272 g/mol. The summed E-state index contributed by atoms with van der Waals surface area (Å²) in [5, 5.41) is 0. The van der Waals surface area contributed by atoms with E-state index in [0.717, 1.165) is 29.1 Å². The van der Waals surface area contributed by atoms with E-state index in [2.05, 4.69) is 28.7 Å². The molecule has 0 spiro atoms. The molecule has 108 valence electrons. The van der Waals surface area contributed by atoms with Gasteiger partial charge < -0.3 is 10.7 Å². The Hall–Kier alpha value is -1.55. The number of piperidine rings is 1. The van der Waals surface area contributed by atoms with Crippen LogP contribution in [0.3, 0.4) is 0 Å². The van der Waals surface area contributed by atoms with E-state index >= 15 is 0 Å². The van der Waals surface area contributed by atoms with Crippen molar-refractivity contribution in [1.29, 1.82) is 0 Å². The fourth-order valence-corrected chi connectivity index (χ4v) is 2.97. The van der Waals surface area contributed by atoms with Crippen LogP contribution in [0, 0.1) is 5.41 Å². The summed E-state index contributed by atoms with van der Waals surface area (Å²) in [4.78, 5) is 10.5. The number of nitrogens with zero attached hydrogens (tertiary/aromatic N) is 2. The molecule has 1 saturated heterocycles. The second kappa shape index (κ2) is 5.09. The molecule has 0 saturated carbocycles. The van der Waals surface area contributed by atoms with E-state index in [1.165, 1.54) is 32.4 Å². The molecule has 4 nitrogen and oxygen atoms in total. The molecule has 1 aromatic heterocycles. The zero-order chi connectivity index (χ0) is 14.2. The van der Waals surface area contributed by atoms with Crippen molar-refractivity contribution in [3.8, 4) is 0 Å². The second-order valence-electron chi connectivity index (χ2n) is 6.40. The molecule has 2 aromatic rings. The van der Waals surface area contributed by atoms with Gasteiger partial charge in [-0.25, -0.2) is 4.98 Å². The Balaban J connectivity index is 1.68. The molecule has 0 aliphatic carbocycles. The molecule has 1 aliphatic heterocycles. The SMILES string of the molecule is CCC1(C)CCN(Cc2nc3ccc(N)cc3[nH]2)CC1. The molecule has 1 aliphatic rings. The molecule has 4 heteroatoms. The third-order valence-electron chi connectivity index (χ3n) is 4.85. The highest BCUT2D eigenvalue weighted by molar-refractivity contribution is 5.78. The lowest BCUT2D eigenvalue weighted by Crippen LogP contribution is -2.38. The van der Waals surface area contributed by atoms with Crippen LogP contribution in [0.4, 0.5) is 5.69 Å². The normalized spacial score (nSPS) is 19.5. The molecule has 1 fully saturated rings. The van der Waals surface area contributed by atoms with Gasteiger partial charge in [-0.2, -0.15) is 0 Å². The van der Waals surface area contributed by atoms with Crippen LogP contribution in [-0.2, 0) is 6.54 Å². The van der Waals surface area contributed by atoms with E-state index in [1.54, 1.807) is 0 Å². The minimum absolute atomic E-state index is 0.541. The molecule has 2 heterocycles. The van der Waals surface area contributed by atoms with Gasteiger partial charge in [-0.05, 0) is 49.5 Å². The topological polar surface area (TPSA) is 57.9 Å². The molecule has 0 atom stereocenters. The zero-order valence-corrected chi connectivity index (χ0v) is 12.4. The summed E-state index contributed by atoms with van der Waals surface area (Å²) in [5.74, 6) is 1.05. The van der Waals surface area contributed by atoms with Crippen LogP contribution in [0.25, 0.3) is 11.0 Å². The highest BCUT2D eigenvalue weighted by Gasteiger charge is 2.28. The average molecular weight is 272 g/mol. The molecule has 0 radical (unpaired) electrons. The van der Waals surface area contributed by atoms with Gasteiger partial charge in [0.05, 0.1) is 17.6 Å². The first-order valence-electron chi connectivity index (χ1n) is 7.54. The summed E-state index contributed by atoms with van der Waals surface area (Å²) in [6, 6.07) is 5.84. The van der Waals surface area contributed by atoms with Gasteiger partial charge in [-0.15, -0.1) is 0 Å². The van der Waals surface area contributed by atoms with E-state index in [1.807, 2.05) is 18.2 Å². The summed E-state index contributed by atoms with van der Waals surface area (Å²) in [7, 11) is 0. The predicted octanol–water partition coefficient (Wildman–Crippen LogP) is 3.16. The molecule has 3 rings (SSSR count). The van der Waals surface area contributed by atoms with Crippen LogP contribution in [0.15, 0.2) is 18.2 Å². The number of nitrogen functional groups attached to an aromatic ring is 1. The number of aromatic amines is 1. The van der Waals surface area contributed by atoms with Gasteiger partial charge in [-0.3, -0.25) is 4.90 Å². The summed E-state index contributed by atoms with van der Waals surface area (Å²) in [5.41, 5.74) is 9.17. The number of hydrogen-bond acceptors (Lipinski definition) is 3. The minimum Gasteiger partial charge on any atom is -0.399 e. The quantitative estimate of drug-likeness (QED) is 0.844. The Morgan fingerprint density at radius 1 is 1.35 bits per heavy atom. The van der Waals surface area contributed by atoms with E-state index in [-0.39, 0.29) is 0 Å². The summed E-state index contributed by atoms with van der Waals surface area (Å²) in [6.45, 7) is 7.97. The van der Waals surface area contributed by atoms with Crippen LogP contribution in [0.5, 0.6) is 0 Å². The third kappa shape index (κ3) is 2.66. The lowest BCUT2D eigenvalue weighted by Gasteiger charge is -2.38. The molecule has 3 N–H and O–H groups in total. The van der Waals surface area contributed by atoms with E-state index in [4.69, 9.17) is 5.73 Å². The number of likely N-dealkylation sites (tertiary alicyclic amines) is 1. The van der Waals surface area contributed by atoms with Crippen molar-refractivity contribution >= 4 is 16.7 Å². The lowest BCUT2D eigenvalue weighted by molar-refractivity contribution is 0.108. The first kappa shape index (κ1) is 13.4. The standard InChI is InChI=1S/C16H24N4/c1-3-16(2)6-8-20(9-7-16)11-15-18-13-5-4-12(17)10-14(13)19-15/h4-5,10H,3,6-9,11,17H2,1-2H3,(H,18,19). The highest BCUT2D eigenvalue weighted by Crippen LogP contribution is 2.34. The van der Waals surface area contributed by atoms with Gasteiger partial charge in [-0.1, -0.05) is 20.3 Å². The Morgan fingerprint density at radius 2 is 2.10 bits per heavy atom. The molecular weight excluding hydrogens is 248 g/mol. The van der Waals surface area contributed by atoms with E-state index < -0.39 is 0 Å². The largest absolute Gasteiger partial charge is 0.399 e. The smallest absolute Gasteiger partial charge is 0.121 e.